The van der Waals surface area contributed by atoms with Gasteiger partial charge in [0.2, 0.25) is 0 Å². The quantitative estimate of drug-likeness (QED) is 0.571. The maximum Gasteiger partial charge on any atom is 0.410 e. The molecule has 0 spiro atoms. The SMILES string of the molecule is CC(C)(C)OC(=O)N1CCC(CNc2cc(Cl)nnc2-c2cccc3[nH]ccc23)CC1. The van der Waals surface area contributed by atoms with Crippen molar-refractivity contribution in [2.45, 2.75) is 39.2 Å². The average molecular weight is 442 g/mol. The van der Waals surface area contributed by atoms with Crippen molar-refractivity contribution in [3.05, 3.63) is 41.7 Å². The van der Waals surface area contributed by atoms with Gasteiger partial charge in [-0.2, -0.15) is 0 Å². The molecule has 3 aromatic rings. The summed E-state index contributed by atoms with van der Waals surface area (Å²) in [6.07, 6.45) is 3.52. The smallest absolute Gasteiger partial charge is 0.410 e. The Morgan fingerprint density at radius 1 is 1.26 bits per heavy atom. The zero-order valence-electron chi connectivity index (χ0n) is 18.1. The van der Waals surface area contributed by atoms with E-state index in [-0.39, 0.29) is 6.09 Å². The summed E-state index contributed by atoms with van der Waals surface area (Å²) in [5.74, 6) is 0.446. The van der Waals surface area contributed by atoms with Crippen LogP contribution in [0.4, 0.5) is 10.5 Å². The number of hydrogen-bond donors (Lipinski definition) is 2. The number of fused-ring (bicyclic) bond motifs is 1. The van der Waals surface area contributed by atoms with Gasteiger partial charge in [0.15, 0.2) is 5.15 Å². The van der Waals surface area contributed by atoms with Gasteiger partial charge in [0.1, 0.15) is 11.3 Å². The highest BCUT2D eigenvalue weighted by molar-refractivity contribution is 6.29. The molecule has 0 bridgehead atoms. The Labute approximate surface area is 187 Å². The second kappa shape index (κ2) is 8.75. The molecule has 0 radical (unpaired) electrons. The minimum Gasteiger partial charge on any atom is -0.444 e. The van der Waals surface area contributed by atoms with Gasteiger partial charge in [-0.15, -0.1) is 10.2 Å². The monoisotopic (exact) mass is 441 g/mol. The number of benzene rings is 1. The topological polar surface area (TPSA) is 83.1 Å². The molecule has 4 rings (SSSR count). The summed E-state index contributed by atoms with van der Waals surface area (Å²) >= 11 is 6.15. The fourth-order valence-electron chi connectivity index (χ4n) is 3.89. The van der Waals surface area contributed by atoms with Crippen LogP contribution in [-0.4, -0.2) is 51.4 Å². The van der Waals surface area contributed by atoms with E-state index in [0.29, 0.717) is 24.2 Å². The van der Waals surface area contributed by atoms with Crippen LogP contribution in [0.15, 0.2) is 36.5 Å². The van der Waals surface area contributed by atoms with Crippen molar-refractivity contribution in [2.24, 2.45) is 5.92 Å². The molecule has 1 aliphatic heterocycles. The molecule has 31 heavy (non-hydrogen) atoms. The van der Waals surface area contributed by atoms with Gasteiger partial charge in [0.05, 0.1) is 5.69 Å². The summed E-state index contributed by atoms with van der Waals surface area (Å²) in [5, 5.41) is 13.4. The summed E-state index contributed by atoms with van der Waals surface area (Å²) in [4.78, 5) is 17.3. The van der Waals surface area contributed by atoms with Crippen molar-refractivity contribution in [3.63, 3.8) is 0 Å². The number of amides is 1. The Hall–Kier alpha value is -2.80. The van der Waals surface area contributed by atoms with Crippen molar-refractivity contribution in [3.8, 4) is 11.3 Å². The Morgan fingerprint density at radius 2 is 2.03 bits per heavy atom. The largest absolute Gasteiger partial charge is 0.444 e. The Bertz CT molecular complexity index is 1070. The van der Waals surface area contributed by atoms with Crippen LogP contribution in [0, 0.1) is 5.92 Å². The van der Waals surface area contributed by atoms with E-state index in [0.717, 1.165) is 47.2 Å². The van der Waals surface area contributed by atoms with Crippen molar-refractivity contribution in [2.75, 3.05) is 25.0 Å². The molecule has 7 nitrogen and oxygen atoms in total. The summed E-state index contributed by atoms with van der Waals surface area (Å²) in [5.41, 5.74) is 3.23. The van der Waals surface area contributed by atoms with Gasteiger partial charge in [-0.05, 0) is 51.7 Å². The van der Waals surface area contributed by atoms with Gasteiger partial charge in [-0.25, -0.2) is 4.79 Å². The summed E-state index contributed by atoms with van der Waals surface area (Å²) < 4.78 is 5.49. The molecular formula is C23H28ClN5O2. The van der Waals surface area contributed by atoms with Gasteiger partial charge < -0.3 is 19.9 Å². The molecule has 2 aromatic heterocycles. The third-order valence-electron chi connectivity index (χ3n) is 5.46. The zero-order chi connectivity index (χ0) is 22.0. The standard InChI is InChI=1S/C23H28ClN5O2/c1-23(2,3)31-22(30)29-11-8-15(9-12-29)14-26-19-13-20(24)27-28-21(19)17-5-4-6-18-16(17)7-10-25-18/h4-7,10,13,15,25H,8-9,11-12,14H2,1-3H3,(H,26,27). The first-order valence-electron chi connectivity index (χ1n) is 10.6. The van der Waals surface area contributed by atoms with E-state index in [2.05, 4.69) is 20.5 Å². The van der Waals surface area contributed by atoms with E-state index >= 15 is 0 Å². The average Bonchev–Trinajstić information content (AvgIpc) is 3.21. The fourth-order valence-corrected chi connectivity index (χ4v) is 4.04. The lowest BCUT2D eigenvalue weighted by molar-refractivity contribution is 0.0188. The van der Waals surface area contributed by atoms with E-state index in [1.807, 2.05) is 57.3 Å². The predicted molar refractivity (Wildman–Crippen MR) is 123 cm³/mol. The molecule has 1 fully saturated rings. The number of carbonyl (C=O) groups is 1. The number of likely N-dealkylation sites (tertiary alicyclic amines) is 1. The van der Waals surface area contributed by atoms with Crippen LogP contribution in [0.3, 0.4) is 0 Å². The first kappa shape index (κ1) is 21.4. The summed E-state index contributed by atoms with van der Waals surface area (Å²) in [7, 11) is 0. The molecule has 1 saturated heterocycles. The molecule has 2 N–H and O–H groups in total. The van der Waals surface area contributed by atoms with Crippen LogP contribution < -0.4 is 5.32 Å². The highest BCUT2D eigenvalue weighted by atomic mass is 35.5. The normalized spacial score (nSPS) is 15.3. The molecule has 1 aromatic carbocycles. The summed E-state index contributed by atoms with van der Waals surface area (Å²) in [6, 6.07) is 9.94. The summed E-state index contributed by atoms with van der Waals surface area (Å²) in [6.45, 7) is 7.85. The van der Waals surface area contributed by atoms with E-state index in [1.165, 1.54) is 0 Å². The predicted octanol–water partition coefficient (Wildman–Crippen LogP) is 5.34. The molecule has 164 valence electrons. The van der Waals surface area contributed by atoms with Crippen molar-refractivity contribution >= 4 is 34.3 Å². The number of hydrogen-bond acceptors (Lipinski definition) is 5. The fraction of sp³-hybridized carbons (Fsp3) is 0.435. The van der Waals surface area contributed by atoms with Crippen LogP contribution in [0.5, 0.6) is 0 Å². The molecule has 3 heterocycles. The highest BCUT2D eigenvalue weighted by Crippen LogP contribution is 2.33. The Morgan fingerprint density at radius 3 is 2.77 bits per heavy atom. The zero-order valence-corrected chi connectivity index (χ0v) is 18.9. The van der Waals surface area contributed by atoms with Crippen LogP contribution in [0.2, 0.25) is 5.15 Å². The lowest BCUT2D eigenvalue weighted by Crippen LogP contribution is -2.42. The van der Waals surface area contributed by atoms with Crippen LogP contribution >= 0.6 is 11.6 Å². The number of halogens is 1. The van der Waals surface area contributed by atoms with Gasteiger partial charge >= 0.3 is 6.09 Å². The number of anilines is 1. The number of ether oxygens (including phenoxy) is 1. The molecule has 0 aliphatic carbocycles. The maximum absolute atomic E-state index is 12.3. The third kappa shape index (κ3) is 5.10. The molecule has 1 aliphatic rings. The lowest BCUT2D eigenvalue weighted by atomic mass is 9.96. The van der Waals surface area contributed by atoms with Crippen molar-refractivity contribution in [1.29, 1.82) is 0 Å². The second-order valence-electron chi connectivity index (χ2n) is 8.97. The van der Waals surface area contributed by atoms with Crippen molar-refractivity contribution < 1.29 is 9.53 Å². The number of nitrogens with zero attached hydrogens (tertiary/aromatic N) is 3. The minimum atomic E-state index is -0.470. The first-order valence-corrected chi connectivity index (χ1v) is 11.0. The number of piperidine rings is 1. The van der Waals surface area contributed by atoms with E-state index < -0.39 is 5.60 Å². The number of aromatic amines is 1. The number of carbonyl (C=O) groups excluding carboxylic acids is 1. The number of H-pyrrole nitrogens is 1. The second-order valence-corrected chi connectivity index (χ2v) is 9.35. The molecule has 0 saturated carbocycles. The lowest BCUT2D eigenvalue weighted by Gasteiger charge is -2.33. The minimum absolute atomic E-state index is 0.231. The van der Waals surface area contributed by atoms with Gasteiger partial charge in [0, 0.05) is 48.4 Å². The first-order chi connectivity index (χ1) is 14.8. The molecule has 0 unspecified atom stereocenters. The Kier molecular flexibility index (Phi) is 6.05. The molecule has 1 amide bonds. The van der Waals surface area contributed by atoms with Crippen molar-refractivity contribution in [1.82, 2.24) is 20.1 Å². The van der Waals surface area contributed by atoms with Crippen LogP contribution in [0.25, 0.3) is 22.2 Å². The maximum atomic E-state index is 12.3. The number of nitrogens with one attached hydrogen (secondary N) is 2. The highest BCUT2D eigenvalue weighted by Gasteiger charge is 2.27. The van der Waals surface area contributed by atoms with Gasteiger partial charge in [0.25, 0.3) is 0 Å². The Balaban J connectivity index is 1.43. The molecule has 0 atom stereocenters. The number of aromatic nitrogens is 3. The van der Waals surface area contributed by atoms with Gasteiger partial charge in [-0.1, -0.05) is 23.7 Å². The van der Waals surface area contributed by atoms with E-state index in [4.69, 9.17) is 16.3 Å². The molecular weight excluding hydrogens is 414 g/mol. The molecule has 8 heteroatoms. The van der Waals surface area contributed by atoms with E-state index in [9.17, 15) is 4.79 Å². The van der Waals surface area contributed by atoms with E-state index in [1.54, 1.807) is 4.90 Å². The van der Waals surface area contributed by atoms with Crippen LogP contribution in [-0.2, 0) is 4.74 Å². The third-order valence-corrected chi connectivity index (χ3v) is 5.65. The number of rotatable bonds is 4. The van der Waals surface area contributed by atoms with Gasteiger partial charge in [-0.3, -0.25) is 0 Å². The van der Waals surface area contributed by atoms with Crippen LogP contribution in [0.1, 0.15) is 33.6 Å².